The number of nitrogens with one attached hydrogen (secondary N) is 4. The molecule has 182 valence electrons. The van der Waals surface area contributed by atoms with Gasteiger partial charge in [0.2, 0.25) is 11.9 Å². The number of aryl methyl sites for hydroxylation is 2. The van der Waals surface area contributed by atoms with Crippen LogP contribution in [0.2, 0.25) is 19.1 Å². The number of hydrogen-bond acceptors (Lipinski definition) is 6. The highest BCUT2D eigenvalue weighted by Crippen LogP contribution is 2.16. The number of aromatic amines is 2. The molecule has 3 aromatic rings. The predicted molar refractivity (Wildman–Crippen MR) is 134 cm³/mol. The molecule has 0 aliphatic carbocycles. The highest BCUT2D eigenvalue weighted by atomic mass is 28.4. The molecule has 0 bridgehead atoms. The summed E-state index contributed by atoms with van der Waals surface area (Å²) < 4.78 is 0. The van der Waals surface area contributed by atoms with Crippen molar-refractivity contribution in [3.8, 4) is 0 Å². The summed E-state index contributed by atoms with van der Waals surface area (Å²) in [4.78, 5) is 55.7. The maximum atomic E-state index is 12.3. The van der Waals surface area contributed by atoms with E-state index in [4.69, 9.17) is 5.73 Å². The second kappa shape index (κ2) is 11.1. The van der Waals surface area contributed by atoms with Crippen LogP contribution in [0.3, 0.4) is 0 Å². The molecule has 2 heterocycles. The molecular formula is C23H32N6O4Si. The smallest absolute Gasteiger partial charge is 0.262 e. The summed E-state index contributed by atoms with van der Waals surface area (Å²) in [5, 5.41) is 6.14. The number of benzene rings is 1. The number of nitrogens with zero attached hydrogens (tertiary/aromatic N) is 1. The zero-order valence-corrected chi connectivity index (χ0v) is 20.5. The van der Waals surface area contributed by atoms with Crippen LogP contribution >= 0.6 is 0 Å². The topological polar surface area (TPSA) is 166 Å². The van der Waals surface area contributed by atoms with Crippen molar-refractivity contribution in [3.63, 3.8) is 0 Å². The van der Waals surface area contributed by atoms with Gasteiger partial charge >= 0.3 is 0 Å². The SMILES string of the molecule is C[Si](C)(O)CCNC(=O)CCCNC(=O)c1ccc(CCc2c[nH]c3nc(N)[nH]c(=O)c23)cc1. The Kier molecular flexibility index (Phi) is 8.24. The first-order valence-electron chi connectivity index (χ1n) is 11.3. The monoisotopic (exact) mass is 484 g/mol. The average molecular weight is 485 g/mol. The van der Waals surface area contributed by atoms with Crippen molar-refractivity contribution in [2.45, 2.75) is 44.8 Å². The number of aromatic nitrogens is 3. The first-order chi connectivity index (χ1) is 16.1. The van der Waals surface area contributed by atoms with Crippen LogP contribution in [0, 0.1) is 0 Å². The molecule has 10 nitrogen and oxygen atoms in total. The second-order valence-corrected chi connectivity index (χ2v) is 13.1. The summed E-state index contributed by atoms with van der Waals surface area (Å²) in [6, 6.07) is 7.94. The van der Waals surface area contributed by atoms with Gasteiger partial charge in [-0.2, -0.15) is 4.98 Å². The molecule has 0 saturated carbocycles. The van der Waals surface area contributed by atoms with Crippen molar-refractivity contribution < 1.29 is 14.4 Å². The van der Waals surface area contributed by atoms with E-state index in [1.54, 1.807) is 18.3 Å². The minimum Gasteiger partial charge on any atom is -0.432 e. The molecule has 3 rings (SSSR count). The van der Waals surface area contributed by atoms with E-state index in [1.807, 2.05) is 25.2 Å². The molecule has 34 heavy (non-hydrogen) atoms. The Labute approximate surface area is 198 Å². The summed E-state index contributed by atoms with van der Waals surface area (Å²) in [7, 11) is -2.15. The first kappa shape index (κ1) is 25.2. The van der Waals surface area contributed by atoms with E-state index in [-0.39, 0.29) is 23.3 Å². The maximum Gasteiger partial charge on any atom is 0.262 e. The molecule has 0 unspecified atom stereocenters. The fourth-order valence-electron chi connectivity index (χ4n) is 3.57. The third kappa shape index (κ3) is 7.29. The number of anilines is 1. The molecule has 2 aromatic heterocycles. The molecule has 0 spiro atoms. The Morgan fingerprint density at radius 2 is 1.85 bits per heavy atom. The number of hydrogen-bond donors (Lipinski definition) is 6. The van der Waals surface area contributed by atoms with Crippen LogP contribution in [-0.4, -0.2) is 53.0 Å². The molecule has 0 radical (unpaired) electrons. The fourth-order valence-corrected chi connectivity index (χ4v) is 4.31. The summed E-state index contributed by atoms with van der Waals surface area (Å²) in [6.45, 7) is 4.56. The van der Waals surface area contributed by atoms with Gasteiger partial charge in [-0.25, -0.2) is 0 Å². The summed E-state index contributed by atoms with van der Waals surface area (Å²) in [6.07, 6.45) is 3.97. The van der Waals surface area contributed by atoms with Crippen molar-refractivity contribution in [1.29, 1.82) is 0 Å². The van der Waals surface area contributed by atoms with Crippen molar-refractivity contribution in [2.75, 3.05) is 18.8 Å². The van der Waals surface area contributed by atoms with Gasteiger partial charge in [0.05, 0.1) is 5.39 Å². The number of H-pyrrole nitrogens is 2. The Bertz CT molecular complexity index is 1200. The van der Waals surface area contributed by atoms with Crippen LogP contribution in [0.5, 0.6) is 0 Å². The van der Waals surface area contributed by atoms with Crippen LogP contribution in [0.1, 0.15) is 34.3 Å². The highest BCUT2D eigenvalue weighted by molar-refractivity contribution is 6.69. The van der Waals surface area contributed by atoms with Gasteiger partial charge in [0, 0.05) is 31.3 Å². The zero-order valence-electron chi connectivity index (χ0n) is 19.5. The van der Waals surface area contributed by atoms with Gasteiger partial charge in [0.25, 0.3) is 11.5 Å². The molecule has 0 saturated heterocycles. The summed E-state index contributed by atoms with van der Waals surface area (Å²) in [5.41, 5.74) is 8.22. The number of carbonyl (C=O) groups is 2. The molecule has 2 amide bonds. The number of amides is 2. The third-order valence-corrected chi connectivity index (χ3v) is 6.94. The zero-order chi connectivity index (χ0) is 24.7. The van der Waals surface area contributed by atoms with Gasteiger partial charge in [-0.1, -0.05) is 12.1 Å². The number of nitrogen functional groups attached to an aromatic ring is 1. The molecule has 1 aromatic carbocycles. The van der Waals surface area contributed by atoms with Gasteiger partial charge in [0.1, 0.15) is 5.65 Å². The van der Waals surface area contributed by atoms with E-state index in [0.29, 0.717) is 61.4 Å². The molecule has 0 aliphatic rings. The van der Waals surface area contributed by atoms with Crippen LogP contribution in [0.4, 0.5) is 5.95 Å². The Balaban J connectivity index is 1.42. The quantitative estimate of drug-likeness (QED) is 0.178. The number of carbonyl (C=O) groups excluding carboxylic acids is 2. The molecule has 7 N–H and O–H groups in total. The normalized spacial score (nSPS) is 11.5. The second-order valence-electron chi connectivity index (χ2n) is 8.96. The number of nitrogens with two attached hydrogens (primary N) is 1. The van der Waals surface area contributed by atoms with E-state index in [0.717, 1.165) is 11.1 Å². The number of rotatable bonds is 11. The van der Waals surface area contributed by atoms with Crippen LogP contribution in [-0.2, 0) is 17.6 Å². The molecular weight excluding hydrogens is 452 g/mol. The minimum absolute atomic E-state index is 0.0755. The molecule has 0 fully saturated rings. The molecule has 11 heteroatoms. The van der Waals surface area contributed by atoms with Gasteiger partial charge < -0.3 is 26.1 Å². The molecule has 0 aliphatic heterocycles. The van der Waals surface area contributed by atoms with E-state index in [2.05, 4.69) is 25.6 Å². The van der Waals surface area contributed by atoms with E-state index in [9.17, 15) is 19.2 Å². The van der Waals surface area contributed by atoms with Crippen molar-refractivity contribution >= 4 is 37.1 Å². The number of fused-ring (bicyclic) bond motifs is 1. The van der Waals surface area contributed by atoms with Crippen LogP contribution in [0.25, 0.3) is 11.0 Å². The maximum absolute atomic E-state index is 12.3. The first-order valence-corrected chi connectivity index (χ1v) is 14.5. The summed E-state index contributed by atoms with van der Waals surface area (Å²) in [5.74, 6) is -0.188. The minimum atomic E-state index is -2.15. The average Bonchev–Trinajstić information content (AvgIpc) is 3.17. The lowest BCUT2D eigenvalue weighted by Gasteiger charge is -2.14. The molecule has 0 atom stereocenters. The standard InChI is InChI=1S/C23H32N6O4Si/c1-34(2,33)13-12-25-18(30)4-3-11-26-21(31)16-8-5-15(6-9-16)7-10-17-14-27-20-19(17)22(32)29-23(24)28-20/h5-6,8-9,14,33H,3-4,7,10-13H2,1-2H3,(H,25,30)(H,26,31)(H4,24,27,28,29,32). The largest absolute Gasteiger partial charge is 0.432 e. The van der Waals surface area contributed by atoms with Gasteiger partial charge in [0.15, 0.2) is 8.32 Å². The van der Waals surface area contributed by atoms with E-state index in [1.165, 1.54) is 0 Å². The van der Waals surface area contributed by atoms with Crippen LogP contribution < -0.4 is 21.9 Å². The van der Waals surface area contributed by atoms with Gasteiger partial charge in [-0.05, 0) is 61.7 Å². The van der Waals surface area contributed by atoms with Crippen molar-refractivity contribution in [1.82, 2.24) is 25.6 Å². The lowest BCUT2D eigenvalue weighted by molar-refractivity contribution is -0.121. The van der Waals surface area contributed by atoms with Gasteiger partial charge in [-0.15, -0.1) is 0 Å². The van der Waals surface area contributed by atoms with Crippen LogP contribution in [0.15, 0.2) is 35.3 Å². The summed E-state index contributed by atoms with van der Waals surface area (Å²) >= 11 is 0. The van der Waals surface area contributed by atoms with E-state index >= 15 is 0 Å². The lowest BCUT2D eigenvalue weighted by atomic mass is 10.0. The third-order valence-electron chi connectivity index (χ3n) is 5.47. The Morgan fingerprint density at radius 1 is 1.12 bits per heavy atom. The highest BCUT2D eigenvalue weighted by Gasteiger charge is 2.16. The van der Waals surface area contributed by atoms with Gasteiger partial charge in [-0.3, -0.25) is 19.4 Å². The van der Waals surface area contributed by atoms with Crippen molar-refractivity contribution in [2.24, 2.45) is 0 Å². The Hall–Kier alpha value is -3.44. The Morgan fingerprint density at radius 3 is 2.56 bits per heavy atom. The lowest BCUT2D eigenvalue weighted by Crippen LogP contribution is -2.33. The predicted octanol–water partition coefficient (Wildman–Crippen LogP) is 1.44. The fraction of sp³-hybridized carbons (Fsp3) is 0.391. The van der Waals surface area contributed by atoms with Crippen molar-refractivity contribution in [3.05, 3.63) is 57.5 Å². The van der Waals surface area contributed by atoms with E-state index < -0.39 is 8.32 Å².